The van der Waals surface area contributed by atoms with Crippen LogP contribution in [0.25, 0.3) is 0 Å². The van der Waals surface area contributed by atoms with Crippen molar-refractivity contribution in [2.45, 2.75) is 33.4 Å². The van der Waals surface area contributed by atoms with Crippen LogP contribution >= 0.6 is 0 Å². The van der Waals surface area contributed by atoms with Gasteiger partial charge in [0, 0.05) is 13.6 Å². The minimum absolute atomic E-state index is 0.187. The number of hydrogen-bond donors (Lipinski definition) is 2. The maximum absolute atomic E-state index is 11.2. The Kier molecular flexibility index (Phi) is 4.06. The van der Waals surface area contributed by atoms with E-state index in [1.54, 1.807) is 4.68 Å². The Morgan fingerprint density at radius 3 is 2.62 bits per heavy atom. The van der Waals surface area contributed by atoms with Gasteiger partial charge in [-0.25, -0.2) is 0 Å². The lowest BCUT2D eigenvalue weighted by Crippen LogP contribution is -2.44. The van der Waals surface area contributed by atoms with Gasteiger partial charge in [0.1, 0.15) is 0 Å². The summed E-state index contributed by atoms with van der Waals surface area (Å²) in [5.41, 5.74) is 7.34. The Hall–Kier alpha value is -1.36. The number of carbonyl (C=O) groups is 1. The molecule has 1 unspecified atom stereocenters. The molecule has 1 heterocycles. The first kappa shape index (κ1) is 12.7. The van der Waals surface area contributed by atoms with Gasteiger partial charge in [-0.1, -0.05) is 13.8 Å². The van der Waals surface area contributed by atoms with Gasteiger partial charge in [-0.15, -0.1) is 0 Å². The first-order valence-electron chi connectivity index (χ1n) is 5.44. The standard InChI is InChI=1S/C11H20N4O/c1-7(2)10(11(12)16)13-6-9-5-8(3)14-15(9)4/h5,7,10,13H,6H2,1-4H3,(H2,12,16). The van der Waals surface area contributed by atoms with Crippen LogP contribution < -0.4 is 11.1 Å². The van der Waals surface area contributed by atoms with Crippen LogP contribution in [0.2, 0.25) is 0 Å². The minimum Gasteiger partial charge on any atom is -0.368 e. The number of nitrogens with zero attached hydrogens (tertiary/aromatic N) is 2. The molecular formula is C11H20N4O. The fourth-order valence-electron chi connectivity index (χ4n) is 1.71. The topological polar surface area (TPSA) is 72.9 Å². The quantitative estimate of drug-likeness (QED) is 0.757. The van der Waals surface area contributed by atoms with Crippen molar-refractivity contribution in [3.05, 3.63) is 17.5 Å². The van der Waals surface area contributed by atoms with Crippen molar-refractivity contribution in [3.8, 4) is 0 Å². The summed E-state index contributed by atoms with van der Waals surface area (Å²) in [7, 11) is 1.89. The Bertz CT molecular complexity index is 370. The van der Waals surface area contributed by atoms with Crippen molar-refractivity contribution < 1.29 is 4.79 Å². The van der Waals surface area contributed by atoms with Crippen molar-refractivity contribution in [2.24, 2.45) is 18.7 Å². The summed E-state index contributed by atoms with van der Waals surface area (Å²) in [6.07, 6.45) is 0. The Balaban J connectivity index is 2.62. The van der Waals surface area contributed by atoms with Crippen molar-refractivity contribution >= 4 is 5.91 Å². The van der Waals surface area contributed by atoms with Crippen molar-refractivity contribution in [2.75, 3.05) is 0 Å². The monoisotopic (exact) mass is 224 g/mol. The van der Waals surface area contributed by atoms with E-state index in [9.17, 15) is 4.79 Å². The third-order valence-corrected chi connectivity index (χ3v) is 2.58. The van der Waals surface area contributed by atoms with Gasteiger partial charge in [0.25, 0.3) is 0 Å². The number of amides is 1. The lowest BCUT2D eigenvalue weighted by molar-refractivity contribution is -0.121. The molecule has 0 aliphatic carbocycles. The average Bonchev–Trinajstić information content (AvgIpc) is 2.44. The molecule has 1 aromatic rings. The molecule has 1 aromatic heterocycles. The van der Waals surface area contributed by atoms with E-state index in [-0.39, 0.29) is 17.9 Å². The van der Waals surface area contributed by atoms with Crippen LogP contribution in [0.15, 0.2) is 6.07 Å². The highest BCUT2D eigenvalue weighted by atomic mass is 16.1. The highest BCUT2D eigenvalue weighted by Crippen LogP contribution is 2.05. The summed E-state index contributed by atoms with van der Waals surface area (Å²) in [6.45, 7) is 6.48. The largest absolute Gasteiger partial charge is 0.368 e. The second kappa shape index (κ2) is 5.12. The van der Waals surface area contributed by atoms with Crippen LogP contribution in [0.3, 0.4) is 0 Å². The molecule has 3 N–H and O–H groups in total. The van der Waals surface area contributed by atoms with E-state index >= 15 is 0 Å². The maximum atomic E-state index is 11.2. The van der Waals surface area contributed by atoms with Crippen LogP contribution in [0.5, 0.6) is 0 Å². The Labute approximate surface area is 96.0 Å². The van der Waals surface area contributed by atoms with E-state index in [1.807, 2.05) is 33.9 Å². The smallest absolute Gasteiger partial charge is 0.234 e. The van der Waals surface area contributed by atoms with E-state index in [2.05, 4.69) is 10.4 Å². The van der Waals surface area contributed by atoms with Gasteiger partial charge in [0.15, 0.2) is 0 Å². The molecule has 1 atom stereocenters. The van der Waals surface area contributed by atoms with Crippen molar-refractivity contribution in [1.82, 2.24) is 15.1 Å². The summed E-state index contributed by atoms with van der Waals surface area (Å²) < 4.78 is 1.81. The van der Waals surface area contributed by atoms with Gasteiger partial charge >= 0.3 is 0 Å². The summed E-state index contributed by atoms with van der Waals surface area (Å²) in [6, 6.07) is 1.70. The molecule has 1 rings (SSSR count). The van der Waals surface area contributed by atoms with Crippen molar-refractivity contribution in [1.29, 1.82) is 0 Å². The van der Waals surface area contributed by atoms with Gasteiger partial charge in [-0.2, -0.15) is 5.10 Å². The lowest BCUT2D eigenvalue weighted by atomic mass is 10.0. The highest BCUT2D eigenvalue weighted by molar-refractivity contribution is 5.80. The van der Waals surface area contributed by atoms with E-state index in [4.69, 9.17) is 5.73 Å². The molecule has 0 bridgehead atoms. The summed E-state index contributed by atoms with van der Waals surface area (Å²) in [5, 5.41) is 7.39. The molecule has 90 valence electrons. The van der Waals surface area contributed by atoms with Crippen LogP contribution in [-0.2, 0) is 18.4 Å². The first-order chi connectivity index (χ1) is 7.41. The molecule has 0 aliphatic heterocycles. The average molecular weight is 224 g/mol. The van der Waals surface area contributed by atoms with Crippen LogP contribution in [0.4, 0.5) is 0 Å². The molecule has 5 heteroatoms. The number of hydrogen-bond acceptors (Lipinski definition) is 3. The number of nitrogens with two attached hydrogens (primary N) is 1. The molecule has 16 heavy (non-hydrogen) atoms. The first-order valence-corrected chi connectivity index (χ1v) is 5.44. The number of aryl methyl sites for hydroxylation is 2. The van der Waals surface area contributed by atoms with E-state index in [0.717, 1.165) is 11.4 Å². The fraction of sp³-hybridized carbons (Fsp3) is 0.636. The minimum atomic E-state index is -0.311. The Morgan fingerprint density at radius 1 is 1.62 bits per heavy atom. The molecule has 0 fully saturated rings. The Morgan fingerprint density at radius 2 is 2.25 bits per heavy atom. The summed E-state index contributed by atoms with van der Waals surface area (Å²) in [5.74, 6) is -0.124. The predicted molar refractivity (Wildman–Crippen MR) is 62.6 cm³/mol. The lowest BCUT2D eigenvalue weighted by Gasteiger charge is -2.18. The SMILES string of the molecule is Cc1cc(CNC(C(N)=O)C(C)C)n(C)n1. The number of primary amides is 1. The fourth-order valence-corrected chi connectivity index (χ4v) is 1.71. The highest BCUT2D eigenvalue weighted by Gasteiger charge is 2.18. The van der Waals surface area contributed by atoms with Crippen LogP contribution in [0.1, 0.15) is 25.2 Å². The van der Waals surface area contributed by atoms with Crippen molar-refractivity contribution in [3.63, 3.8) is 0 Å². The molecule has 0 aromatic carbocycles. The number of carbonyl (C=O) groups excluding carboxylic acids is 1. The molecule has 5 nitrogen and oxygen atoms in total. The van der Waals surface area contributed by atoms with Gasteiger partial charge in [-0.3, -0.25) is 14.8 Å². The second-order valence-electron chi connectivity index (χ2n) is 4.41. The summed E-state index contributed by atoms with van der Waals surface area (Å²) >= 11 is 0. The van der Waals surface area contributed by atoms with Gasteiger partial charge in [0.05, 0.1) is 17.4 Å². The predicted octanol–water partition coefficient (Wildman–Crippen LogP) is 0.328. The molecule has 0 saturated heterocycles. The molecule has 0 radical (unpaired) electrons. The second-order valence-corrected chi connectivity index (χ2v) is 4.41. The molecular weight excluding hydrogens is 204 g/mol. The zero-order valence-corrected chi connectivity index (χ0v) is 10.3. The number of rotatable bonds is 5. The van der Waals surface area contributed by atoms with Crippen LogP contribution in [-0.4, -0.2) is 21.7 Å². The number of aromatic nitrogens is 2. The normalized spacial score (nSPS) is 13.1. The molecule has 0 aliphatic rings. The van der Waals surface area contributed by atoms with Gasteiger partial charge in [-0.05, 0) is 18.9 Å². The number of nitrogens with one attached hydrogen (secondary N) is 1. The third kappa shape index (κ3) is 3.06. The molecule has 0 spiro atoms. The van der Waals surface area contributed by atoms with Gasteiger partial charge < -0.3 is 5.73 Å². The van der Waals surface area contributed by atoms with E-state index in [0.29, 0.717) is 6.54 Å². The maximum Gasteiger partial charge on any atom is 0.234 e. The molecule has 1 amide bonds. The third-order valence-electron chi connectivity index (χ3n) is 2.58. The van der Waals surface area contributed by atoms with E-state index in [1.165, 1.54) is 0 Å². The zero-order valence-electron chi connectivity index (χ0n) is 10.3. The zero-order chi connectivity index (χ0) is 12.3. The summed E-state index contributed by atoms with van der Waals surface area (Å²) in [4.78, 5) is 11.2. The van der Waals surface area contributed by atoms with Gasteiger partial charge in [0.2, 0.25) is 5.91 Å². The molecule has 0 saturated carbocycles. The van der Waals surface area contributed by atoms with E-state index < -0.39 is 0 Å². The van der Waals surface area contributed by atoms with Crippen LogP contribution in [0, 0.1) is 12.8 Å².